The lowest BCUT2D eigenvalue weighted by molar-refractivity contribution is 0.0685. The van der Waals surface area contributed by atoms with Crippen LogP contribution >= 0.6 is 0 Å². The molecule has 0 aromatic heterocycles. The second-order valence-corrected chi connectivity index (χ2v) is 3.16. The van der Waals surface area contributed by atoms with Crippen LogP contribution in [0.15, 0.2) is 12.7 Å². The largest absolute Gasteiger partial charge is 0.393 e. The lowest BCUT2D eigenvalue weighted by Crippen LogP contribution is -2.25. The molecular formula is C8H16O. The van der Waals surface area contributed by atoms with Gasteiger partial charge in [0.05, 0.1) is 6.10 Å². The van der Waals surface area contributed by atoms with Crippen molar-refractivity contribution in [3.05, 3.63) is 12.7 Å². The molecule has 0 aliphatic heterocycles. The van der Waals surface area contributed by atoms with Crippen LogP contribution in [0.5, 0.6) is 0 Å². The van der Waals surface area contributed by atoms with E-state index >= 15 is 0 Å². The summed E-state index contributed by atoms with van der Waals surface area (Å²) in [4.78, 5) is 0. The van der Waals surface area contributed by atoms with Crippen LogP contribution in [0, 0.1) is 5.41 Å². The van der Waals surface area contributed by atoms with Gasteiger partial charge < -0.3 is 5.11 Å². The summed E-state index contributed by atoms with van der Waals surface area (Å²) >= 11 is 0. The molecule has 0 rings (SSSR count). The molecule has 0 radical (unpaired) electrons. The van der Waals surface area contributed by atoms with Crippen LogP contribution < -0.4 is 0 Å². The van der Waals surface area contributed by atoms with Crippen molar-refractivity contribution in [2.24, 2.45) is 5.41 Å². The van der Waals surface area contributed by atoms with Gasteiger partial charge in [-0.3, -0.25) is 0 Å². The van der Waals surface area contributed by atoms with E-state index in [2.05, 4.69) is 6.58 Å². The molecular weight excluding hydrogens is 112 g/mol. The van der Waals surface area contributed by atoms with Crippen molar-refractivity contribution in [2.45, 2.75) is 33.3 Å². The fourth-order valence-electron chi connectivity index (χ4n) is 0.543. The van der Waals surface area contributed by atoms with Gasteiger partial charge in [0.25, 0.3) is 0 Å². The Morgan fingerprint density at radius 3 is 2.22 bits per heavy atom. The minimum atomic E-state index is -0.254. The first-order chi connectivity index (χ1) is 4.00. The van der Waals surface area contributed by atoms with E-state index in [9.17, 15) is 0 Å². The summed E-state index contributed by atoms with van der Waals surface area (Å²) in [6.45, 7) is 9.48. The van der Waals surface area contributed by atoms with Gasteiger partial charge in [0.1, 0.15) is 0 Å². The lowest BCUT2D eigenvalue weighted by atomic mass is 9.84. The van der Waals surface area contributed by atoms with Gasteiger partial charge in [-0.1, -0.05) is 19.9 Å². The van der Waals surface area contributed by atoms with E-state index < -0.39 is 0 Å². The smallest absolute Gasteiger partial charge is 0.0565 e. The highest BCUT2D eigenvalue weighted by Crippen LogP contribution is 2.24. The van der Waals surface area contributed by atoms with E-state index in [0.29, 0.717) is 0 Å². The SMILES string of the molecule is C=CCC(C)(C)[C@H](C)O. The zero-order valence-electron chi connectivity index (χ0n) is 6.52. The van der Waals surface area contributed by atoms with E-state index in [0.717, 1.165) is 6.42 Å². The molecule has 0 unspecified atom stereocenters. The Kier molecular flexibility index (Phi) is 2.92. The van der Waals surface area contributed by atoms with Crippen LogP contribution in [-0.2, 0) is 0 Å². The van der Waals surface area contributed by atoms with E-state index in [1.807, 2.05) is 26.8 Å². The monoisotopic (exact) mass is 128 g/mol. The van der Waals surface area contributed by atoms with Crippen molar-refractivity contribution in [3.8, 4) is 0 Å². The highest BCUT2D eigenvalue weighted by atomic mass is 16.3. The van der Waals surface area contributed by atoms with Gasteiger partial charge in [-0.25, -0.2) is 0 Å². The Balaban J connectivity index is 3.84. The number of aliphatic hydroxyl groups is 1. The third kappa shape index (κ3) is 2.66. The Labute approximate surface area is 57.4 Å². The maximum absolute atomic E-state index is 9.16. The molecule has 1 heteroatoms. The molecule has 1 nitrogen and oxygen atoms in total. The fraction of sp³-hybridized carbons (Fsp3) is 0.750. The number of rotatable bonds is 3. The summed E-state index contributed by atoms with van der Waals surface area (Å²) in [6.07, 6.45) is 2.45. The van der Waals surface area contributed by atoms with Crippen LogP contribution in [0.25, 0.3) is 0 Å². The first kappa shape index (κ1) is 8.70. The van der Waals surface area contributed by atoms with Gasteiger partial charge in [-0.2, -0.15) is 0 Å². The van der Waals surface area contributed by atoms with Gasteiger partial charge >= 0.3 is 0 Å². The van der Waals surface area contributed by atoms with Crippen molar-refractivity contribution in [1.82, 2.24) is 0 Å². The minimum Gasteiger partial charge on any atom is -0.393 e. The molecule has 1 N–H and O–H groups in total. The van der Waals surface area contributed by atoms with Crippen molar-refractivity contribution in [1.29, 1.82) is 0 Å². The molecule has 0 saturated heterocycles. The maximum atomic E-state index is 9.16. The average molecular weight is 128 g/mol. The summed E-state index contributed by atoms with van der Waals surface area (Å²) in [7, 11) is 0. The summed E-state index contributed by atoms with van der Waals surface area (Å²) in [6, 6.07) is 0. The van der Waals surface area contributed by atoms with Gasteiger partial charge in [0.15, 0.2) is 0 Å². The summed E-state index contributed by atoms with van der Waals surface area (Å²) < 4.78 is 0. The van der Waals surface area contributed by atoms with Crippen LogP contribution in [0.4, 0.5) is 0 Å². The molecule has 9 heavy (non-hydrogen) atoms. The standard InChI is InChI=1S/C8H16O/c1-5-6-8(3,4)7(2)9/h5,7,9H,1,6H2,2-4H3/t7-/m0/s1. The van der Waals surface area contributed by atoms with Crippen LogP contribution in [-0.4, -0.2) is 11.2 Å². The van der Waals surface area contributed by atoms with E-state index in [4.69, 9.17) is 5.11 Å². The fourth-order valence-corrected chi connectivity index (χ4v) is 0.543. The van der Waals surface area contributed by atoms with Gasteiger partial charge in [0, 0.05) is 0 Å². The molecule has 54 valence electrons. The van der Waals surface area contributed by atoms with Gasteiger partial charge in [0.2, 0.25) is 0 Å². The van der Waals surface area contributed by atoms with Crippen molar-refractivity contribution in [2.75, 3.05) is 0 Å². The predicted octanol–water partition coefficient (Wildman–Crippen LogP) is 1.97. The van der Waals surface area contributed by atoms with Crippen LogP contribution in [0.2, 0.25) is 0 Å². The van der Waals surface area contributed by atoms with Gasteiger partial charge in [-0.15, -0.1) is 6.58 Å². The zero-order valence-corrected chi connectivity index (χ0v) is 6.52. The summed E-state index contributed by atoms with van der Waals surface area (Å²) in [5.41, 5.74) is -0.0122. The molecule has 0 heterocycles. The first-order valence-electron chi connectivity index (χ1n) is 3.29. The minimum absolute atomic E-state index is 0.0122. The average Bonchev–Trinajstić information content (AvgIpc) is 1.65. The molecule has 0 saturated carbocycles. The second kappa shape index (κ2) is 3.02. The predicted molar refractivity (Wildman–Crippen MR) is 40.3 cm³/mol. The second-order valence-electron chi connectivity index (χ2n) is 3.16. The molecule has 0 amide bonds. The number of hydrogen-bond acceptors (Lipinski definition) is 1. The number of aliphatic hydroxyl groups excluding tert-OH is 1. The molecule has 0 fully saturated rings. The van der Waals surface area contributed by atoms with Crippen molar-refractivity contribution < 1.29 is 5.11 Å². The number of allylic oxidation sites excluding steroid dienone is 1. The Morgan fingerprint density at radius 2 is 2.11 bits per heavy atom. The van der Waals surface area contributed by atoms with E-state index in [1.54, 1.807) is 0 Å². The lowest BCUT2D eigenvalue weighted by Gasteiger charge is -2.25. The first-order valence-corrected chi connectivity index (χ1v) is 3.29. The third-order valence-corrected chi connectivity index (χ3v) is 1.80. The van der Waals surface area contributed by atoms with Crippen molar-refractivity contribution in [3.63, 3.8) is 0 Å². The zero-order chi connectivity index (χ0) is 7.49. The van der Waals surface area contributed by atoms with Crippen LogP contribution in [0.3, 0.4) is 0 Å². The van der Waals surface area contributed by atoms with Gasteiger partial charge in [-0.05, 0) is 18.8 Å². The molecule has 0 aliphatic carbocycles. The molecule has 1 atom stereocenters. The Bertz CT molecular complexity index is 92.7. The van der Waals surface area contributed by atoms with Crippen LogP contribution in [0.1, 0.15) is 27.2 Å². The molecule has 0 bridgehead atoms. The molecule has 0 aromatic carbocycles. The van der Waals surface area contributed by atoms with E-state index in [-0.39, 0.29) is 11.5 Å². The molecule has 0 aromatic rings. The molecule has 0 spiro atoms. The third-order valence-electron chi connectivity index (χ3n) is 1.80. The molecule has 0 aliphatic rings. The topological polar surface area (TPSA) is 20.2 Å². The normalized spacial score (nSPS) is 15.1. The van der Waals surface area contributed by atoms with E-state index in [1.165, 1.54) is 0 Å². The highest BCUT2D eigenvalue weighted by Gasteiger charge is 2.21. The van der Waals surface area contributed by atoms with Crippen molar-refractivity contribution >= 4 is 0 Å². The summed E-state index contributed by atoms with van der Waals surface area (Å²) in [5, 5.41) is 9.16. The number of hydrogen-bond donors (Lipinski definition) is 1. The quantitative estimate of drug-likeness (QED) is 0.576. The Hall–Kier alpha value is -0.300. The Morgan fingerprint density at radius 1 is 1.67 bits per heavy atom. The maximum Gasteiger partial charge on any atom is 0.0565 e. The highest BCUT2D eigenvalue weighted by molar-refractivity contribution is 4.82. The summed E-state index contributed by atoms with van der Waals surface area (Å²) in [5.74, 6) is 0.